The first-order chi connectivity index (χ1) is 31.8. The Morgan fingerprint density at radius 1 is 0.369 bits per heavy atom. The summed E-state index contributed by atoms with van der Waals surface area (Å²) in [6, 6.07) is 75.2. The lowest BCUT2D eigenvalue weighted by Gasteiger charge is -2.30. The summed E-state index contributed by atoms with van der Waals surface area (Å²) in [5.41, 5.74) is 16.3. The molecule has 0 saturated heterocycles. The van der Waals surface area contributed by atoms with Crippen LogP contribution in [0, 0.1) is 13.8 Å². The molecule has 1 aliphatic carbocycles. The molecule has 0 fully saturated rings. The zero-order valence-corrected chi connectivity index (χ0v) is 37.7. The first-order valence-electron chi connectivity index (χ1n) is 22.8. The highest BCUT2D eigenvalue weighted by Gasteiger charge is 2.37. The lowest BCUT2D eigenvalue weighted by Crippen LogP contribution is -2.17. The standard InChI is InChI=1S/C63H45NS/c1-38-28-34-57(46-18-7-5-16-42(38)46)64(58-35-29-39(2)43-17-6-8-19-47(43)58)41-31-33-45-44-32-30-40(36-55(44)63(3,4)56(45)37-41)60-49-21-9-11-23-51(49)61(52-24-12-10-22-50(52)60)54-26-15-25-53-48-20-13-14-27-59(48)65-62(53)54/h5-37H,1-4H3. The van der Waals surface area contributed by atoms with E-state index in [-0.39, 0.29) is 5.41 Å². The van der Waals surface area contributed by atoms with Crippen molar-refractivity contribution in [3.05, 3.63) is 222 Å². The molecule has 1 heterocycles. The van der Waals surface area contributed by atoms with Crippen molar-refractivity contribution in [3.63, 3.8) is 0 Å². The average Bonchev–Trinajstić information content (AvgIpc) is 3.84. The van der Waals surface area contributed by atoms with Crippen LogP contribution in [0.3, 0.4) is 0 Å². The topological polar surface area (TPSA) is 3.24 Å². The zero-order chi connectivity index (χ0) is 43.6. The van der Waals surface area contributed by atoms with Crippen molar-refractivity contribution < 1.29 is 0 Å². The van der Waals surface area contributed by atoms with E-state index in [1.54, 1.807) is 0 Å². The third kappa shape index (κ3) is 5.57. The highest BCUT2D eigenvalue weighted by atomic mass is 32.1. The SMILES string of the molecule is Cc1ccc(N(c2ccc3c(c2)C(C)(C)c2cc(-c4c5ccccc5c(-c5cccc6c5sc5ccccc56)c5ccccc45)ccc2-3)c2ccc(C)c3ccccc23)c2ccccc12. The van der Waals surface area contributed by atoms with Crippen molar-refractivity contribution in [1.82, 2.24) is 0 Å². The average molecular weight is 848 g/mol. The van der Waals surface area contributed by atoms with Gasteiger partial charge in [-0.1, -0.05) is 178 Å². The minimum absolute atomic E-state index is 0.255. The quantitative estimate of drug-likeness (QED) is 0.156. The molecule has 0 bridgehead atoms. The van der Waals surface area contributed by atoms with Gasteiger partial charge in [0.15, 0.2) is 0 Å². The van der Waals surface area contributed by atoms with Crippen LogP contribution in [0.1, 0.15) is 36.1 Å². The molecule has 65 heavy (non-hydrogen) atoms. The van der Waals surface area contributed by atoms with Crippen LogP contribution in [0.15, 0.2) is 200 Å². The maximum Gasteiger partial charge on any atom is 0.0540 e. The van der Waals surface area contributed by atoms with Gasteiger partial charge in [0.2, 0.25) is 0 Å². The first kappa shape index (κ1) is 38.0. The maximum atomic E-state index is 2.51. The highest BCUT2D eigenvalue weighted by Crippen LogP contribution is 2.54. The molecule has 2 heteroatoms. The van der Waals surface area contributed by atoms with E-state index in [1.807, 2.05) is 11.3 Å². The van der Waals surface area contributed by atoms with Gasteiger partial charge < -0.3 is 4.90 Å². The highest BCUT2D eigenvalue weighted by molar-refractivity contribution is 7.26. The van der Waals surface area contributed by atoms with Crippen LogP contribution < -0.4 is 4.90 Å². The number of nitrogens with zero attached hydrogens (tertiary/aromatic N) is 1. The van der Waals surface area contributed by atoms with Crippen LogP contribution in [0.4, 0.5) is 17.1 Å². The Labute approximate surface area is 383 Å². The van der Waals surface area contributed by atoms with Crippen molar-refractivity contribution >= 4 is 91.7 Å². The third-order valence-electron chi connectivity index (χ3n) is 14.5. The lowest BCUT2D eigenvalue weighted by atomic mass is 9.80. The molecule has 308 valence electrons. The first-order valence-corrected chi connectivity index (χ1v) is 23.6. The van der Waals surface area contributed by atoms with Gasteiger partial charge in [-0.3, -0.25) is 0 Å². The van der Waals surface area contributed by atoms with Crippen LogP contribution in [0.5, 0.6) is 0 Å². The number of fused-ring (bicyclic) bond motifs is 10. The molecule has 0 N–H and O–H groups in total. The second-order valence-electron chi connectivity index (χ2n) is 18.5. The summed E-state index contributed by atoms with van der Waals surface area (Å²) in [5.74, 6) is 0. The minimum Gasteiger partial charge on any atom is -0.309 e. The normalized spacial score (nSPS) is 13.0. The fraction of sp³-hybridized carbons (Fsp3) is 0.0794. The molecule has 1 nitrogen and oxygen atoms in total. The summed E-state index contributed by atoms with van der Waals surface area (Å²) in [6.45, 7) is 9.27. The van der Waals surface area contributed by atoms with Gasteiger partial charge in [-0.25, -0.2) is 0 Å². The largest absolute Gasteiger partial charge is 0.309 e. The smallest absolute Gasteiger partial charge is 0.0540 e. The minimum atomic E-state index is -0.255. The zero-order valence-electron chi connectivity index (χ0n) is 36.9. The van der Waals surface area contributed by atoms with Crippen molar-refractivity contribution in [2.45, 2.75) is 33.1 Å². The number of benzene rings is 11. The van der Waals surface area contributed by atoms with E-state index in [4.69, 9.17) is 0 Å². The summed E-state index contributed by atoms with van der Waals surface area (Å²) in [7, 11) is 0. The van der Waals surface area contributed by atoms with Gasteiger partial charge in [-0.2, -0.15) is 0 Å². The molecular formula is C63H45NS. The predicted octanol–water partition coefficient (Wildman–Crippen LogP) is 18.4. The van der Waals surface area contributed by atoms with Crippen LogP contribution in [-0.2, 0) is 5.41 Å². The molecule has 0 atom stereocenters. The van der Waals surface area contributed by atoms with Crippen molar-refractivity contribution in [2.24, 2.45) is 0 Å². The fourth-order valence-electron chi connectivity index (χ4n) is 11.4. The van der Waals surface area contributed by atoms with Gasteiger partial charge in [0.05, 0.1) is 11.4 Å². The monoisotopic (exact) mass is 847 g/mol. The number of hydrogen-bond donors (Lipinski definition) is 0. The van der Waals surface area contributed by atoms with Crippen molar-refractivity contribution in [3.8, 4) is 33.4 Å². The molecule has 12 aromatic rings. The Hall–Kier alpha value is -7.52. The van der Waals surface area contributed by atoms with Gasteiger partial charge in [0, 0.05) is 47.6 Å². The molecule has 11 aromatic carbocycles. The van der Waals surface area contributed by atoms with Crippen molar-refractivity contribution in [2.75, 3.05) is 4.90 Å². The van der Waals surface area contributed by atoms with E-state index >= 15 is 0 Å². The van der Waals surface area contributed by atoms with Crippen LogP contribution >= 0.6 is 11.3 Å². The number of rotatable bonds is 5. The van der Waals surface area contributed by atoms with Gasteiger partial charge in [0.25, 0.3) is 0 Å². The molecule has 0 radical (unpaired) electrons. The number of thiophene rings is 1. The molecule has 1 aromatic heterocycles. The molecule has 0 saturated carbocycles. The van der Waals surface area contributed by atoms with Crippen LogP contribution in [0.25, 0.3) is 96.6 Å². The summed E-state index contributed by atoms with van der Waals surface area (Å²) in [6.07, 6.45) is 0. The van der Waals surface area contributed by atoms with E-state index in [0.717, 1.165) is 5.69 Å². The fourth-order valence-corrected chi connectivity index (χ4v) is 12.6. The summed E-state index contributed by atoms with van der Waals surface area (Å²) in [4.78, 5) is 2.51. The summed E-state index contributed by atoms with van der Waals surface area (Å²) in [5, 5.41) is 12.8. The Kier molecular flexibility index (Phi) is 8.32. The lowest BCUT2D eigenvalue weighted by molar-refractivity contribution is 0.660. The Morgan fingerprint density at radius 2 is 0.846 bits per heavy atom. The molecule has 1 aliphatic rings. The molecule has 13 rings (SSSR count). The van der Waals surface area contributed by atoms with Crippen LogP contribution in [-0.4, -0.2) is 0 Å². The molecule has 0 spiro atoms. The maximum absolute atomic E-state index is 2.51. The Morgan fingerprint density at radius 3 is 1.45 bits per heavy atom. The number of aryl methyl sites for hydroxylation is 2. The molecule has 0 aliphatic heterocycles. The second kappa shape index (κ2) is 14.2. The van der Waals surface area contributed by atoms with E-state index in [1.165, 1.54) is 130 Å². The van der Waals surface area contributed by atoms with Gasteiger partial charge in [-0.05, 0) is 133 Å². The van der Waals surface area contributed by atoms with Gasteiger partial charge >= 0.3 is 0 Å². The Balaban J connectivity index is 0.992. The Bertz CT molecular complexity index is 3820. The second-order valence-corrected chi connectivity index (χ2v) is 19.5. The van der Waals surface area contributed by atoms with E-state index in [0.29, 0.717) is 0 Å². The summed E-state index contributed by atoms with van der Waals surface area (Å²) >= 11 is 1.91. The summed E-state index contributed by atoms with van der Waals surface area (Å²) < 4.78 is 2.67. The molecule has 0 unspecified atom stereocenters. The molecule has 0 amide bonds. The van der Waals surface area contributed by atoms with Gasteiger partial charge in [0.1, 0.15) is 0 Å². The van der Waals surface area contributed by atoms with E-state index in [9.17, 15) is 0 Å². The van der Waals surface area contributed by atoms with Gasteiger partial charge in [-0.15, -0.1) is 11.3 Å². The molecular weight excluding hydrogens is 803 g/mol. The van der Waals surface area contributed by atoms with Crippen molar-refractivity contribution in [1.29, 1.82) is 0 Å². The third-order valence-corrected chi connectivity index (χ3v) is 15.8. The number of anilines is 3. The van der Waals surface area contributed by atoms with E-state index < -0.39 is 0 Å². The van der Waals surface area contributed by atoms with Crippen LogP contribution in [0.2, 0.25) is 0 Å². The van der Waals surface area contributed by atoms with E-state index in [2.05, 4.69) is 233 Å². The number of hydrogen-bond acceptors (Lipinski definition) is 2. The predicted molar refractivity (Wildman–Crippen MR) is 282 cm³/mol.